The minimum Gasteiger partial charge on any atom is -0.338 e. The fraction of sp³-hybridized carbons (Fsp3) is 0.688. The zero-order valence-electron chi connectivity index (χ0n) is 14.3. The maximum atomic E-state index is 12.3. The van der Waals surface area contributed by atoms with Crippen LogP contribution < -0.4 is 5.32 Å². The maximum absolute atomic E-state index is 12.3. The Labute approximate surface area is 141 Å². The standard InChI is InChI=1S/C16H25N5O3/c1-3-20-8-9-21(16(20)23)13-4-6-19(7-5-13)11-14(22)17-15-10-12(2)18-24-15/h10,13H,3-9,11H2,1-2H3,(H,17,22). The molecule has 0 aliphatic carbocycles. The minimum atomic E-state index is -0.0981. The number of rotatable bonds is 5. The molecule has 0 saturated carbocycles. The van der Waals surface area contributed by atoms with E-state index in [0.717, 1.165) is 51.3 Å². The highest BCUT2D eigenvalue weighted by Crippen LogP contribution is 2.21. The Bertz CT molecular complexity index is 594. The molecule has 132 valence electrons. The molecule has 0 radical (unpaired) electrons. The van der Waals surface area contributed by atoms with Crippen molar-refractivity contribution >= 4 is 17.8 Å². The average Bonchev–Trinajstić information content (AvgIpc) is 3.13. The van der Waals surface area contributed by atoms with Crippen molar-refractivity contribution in [2.75, 3.05) is 44.6 Å². The van der Waals surface area contributed by atoms with Crippen LogP contribution in [0.15, 0.2) is 10.6 Å². The Morgan fingerprint density at radius 1 is 1.33 bits per heavy atom. The van der Waals surface area contributed by atoms with E-state index in [2.05, 4.69) is 15.4 Å². The van der Waals surface area contributed by atoms with Gasteiger partial charge in [-0.2, -0.15) is 0 Å². The normalized spacial score (nSPS) is 20.0. The fourth-order valence-electron chi connectivity index (χ4n) is 3.43. The number of piperidine rings is 1. The summed E-state index contributed by atoms with van der Waals surface area (Å²) in [7, 11) is 0. The lowest BCUT2D eigenvalue weighted by atomic mass is 10.0. The predicted octanol–water partition coefficient (Wildman–Crippen LogP) is 1.14. The Morgan fingerprint density at radius 2 is 2.08 bits per heavy atom. The van der Waals surface area contributed by atoms with Gasteiger partial charge in [-0.1, -0.05) is 5.16 Å². The van der Waals surface area contributed by atoms with E-state index in [1.807, 2.05) is 23.6 Å². The molecule has 1 aromatic heterocycles. The number of hydrogen-bond acceptors (Lipinski definition) is 5. The van der Waals surface area contributed by atoms with E-state index >= 15 is 0 Å². The lowest BCUT2D eigenvalue weighted by molar-refractivity contribution is -0.117. The van der Waals surface area contributed by atoms with Crippen molar-refractivity contribution in [3.05, 3.63) is 11.8 Å². The number of carbonyl (C=O) groups excluding carboxylic acids is 2. The van der Waals surface area contributed by atoms with Crippen LogP contribution in [0.5, 0.6) is 0 Å². The first-order valence-electron chi connectivity index (χ1n) is 8.58. The smallest absolute Gasteiger partial charge is 0.320 e. The van der Waals surface area contributed by atoms with E-state index < -0.39 is 0 Å². The Hall–Kier alpha value is -2.09. The molecule has 8 heteroatoms. The number of amides is 3. The predicted molar refractivity (Wildman–Crippen MR) is 88.7 cm³/mol. The number of nitrogens with one attached hydrogen (secondary N) is 1. The molecular formula is C16H25N5O3. The molecule has 24 heavy (non-hydrogen) atoms. The molecule has 1 N–H and O–H groups in total. The molecule has 2 aliphatic heterocycles. The molecular weight excluding hydrogens is 310 g/mol. The molecule has 3 heterocycles. The summed E-state index contributed by atoms with van der Waals surface area (Å²) in [6.07, 6.45) is 1.83. The van der Waals surface area contributed by atoms with E-state index in [1.54, 1.807) is 6.07 Å². The van der Waals surface area contributed by atoms with Crippen molar-refractivity contribution in [2.24, 2.45) is 0 Å². The molecule has 0 spiro atoms. The Balaban J connectivity index is 1.44. The number of aromatic nitrogens is 1. The van der Waals surface area contributed by atoms with E-state index in [9.17, 15) is 9.59 Å². The third-order valence-electron chi connectivity index (χ3n) is 4.76. The average molecular weight is 335 g/mol. The molecule has 0 atom stereocenters. The molecule has 2 fully saturated rings. The van der Waals surface area contributed by atoms with Gasteiger partial charge in [0.25, 0.3) is 0 Å². The number of anilines is 1. The number of likely N-dealkylation sites (N-methyl/N-ethyl adjacent to an activating group) is 1. The van der Waals surface area contributed by atoms with Crippen LogP contribution in [0.4, 0.5) is 10.7 Å². The molecule has 3 amide bonds. The number of likely N-dealkylation sites (tertiary alicyclic amines) is 1. The maximum Gasteiger partial charge on any atom is 0.320 e. The number of aryl methyl sites for hydroxylation is 1. The molecule has 0 aromatic carbocycles. The summed E-state index contributed by atoms with van der Waals surface area (Å²) >= 11 is 0. The zero-order chi connectivity index (χ0) is 17.1. The Morgan fingerprint density at radius 3 is 2.67 bits per heavy atom. The van der Waals surface area contributed by atoms with Crippen LogP contribution in [-0.2, 0) is 4.79 Å². The summed E-state index contributed by atoms with van der Waals surface area (Å²) in [5.41, 5.74) is 0.738. The quantitative estimate of drug-likeness (QED) is 0.873. The first kappa shape index (κ1) is 16.8. The molecule has 0 bridgehead atoms. The van der Waals surface area contributed by atoms with Crippen LogP contribution in [0.1, 0.15) is 25.5 Å². The van der Waals surface area contributed by atoms with Crippen molar-refractivity contribution in [3.8, 4) is 0 Å². The highest BCUT2D eigenvalue weighted by Gasteiger charge is 2.34. The fourth-order valence-corrected chi connectivity index (χ4v) is 3.43. The van der Waals surface area contributed by atoms with E-state index in [-0.39, 0.29) is 11.9 Å². The van der Waals surface area contributed by atoms with Crippen LogP contribution >= 0.6 is 0 Å². The molecule has 8 nitrogen and oxygen atoms in total. The van der Waals surface area contributed by atoms with Crippen molar-refractivity contribution in [2.45, 2.75) is 32.7 Å². The van der Waals surface area contributed by atoms with Gasteiger partial charge in [0.1, 0.15) is 0 Å². The van der Waals surface area contributed by atoms with Gasteiger partial charge in [-0.05, 0) is 26.7 Å². The summed E-state index contributed by atoms with van der Waals surface area (Å²) in [6.45, 7) is 8.23. The van der Waals surface area contributed by atoms with Gasteiger partial charge in [-0.15, -0.1) is 0 Å². The SMILES string of the molecule is CCN1CCN(C2CCN(CC(=O)Nc3cc(C)no3)CC2)C1=O. The first-order chi connectivity index (χ1) is 11.6. The number of urea groups is 1. The molecule has 0 unspecified atom stereocenters. The molecule has 2 aliphatic rings. The molecule has 2 saturated heterocycles. The number of nitrogens with zero attached hydrogens (tertiary/aromatic N) is 4. The second kappa shape index (κ2) is 7.21. The Kier molecular flexibility index (Phi) is 5.03. The lowest BCUT2D eigenvalue weighted by Crippen LogP contribution is -2.48. The van der Waals surface area contributed by atoms with Gasteiger partial charge in [0.05, 0.1) is 12.2 Å². The third kappa shape index (κ3) is 3.69. The van der Waals surface area contributed by atoms with Gasteiger partial charge in [0, 0.05) is 44.8 Å². The number of hydrogen-bond donors (Lipinski definition) is 1. The summed E-state index contributed by atoms with van der Waals surface area (Å²) < 4.78 is 4.99. The van der Waals surface area contributed by atoms with Crippen LogP contribution in [-0.4, -0.2) is 77.1 Å². The summed E-state index contributed by atoms with van der Waals surface area (Å²) in [5, 5.41) is 6.46. The third-order valence-corrected chi connectivity index (χ3v) is 4.76. The topological polar surface area (TPSA) is 81.9 Å². The highest BCUT2D eigenvalue weighted by molar-refractivity contribution is 5.90. The van der Waals surface area contributed by atoms with E-state index in [1.165, 1.54) is 0 Å². The summed E-state index contributed by atoms with van der Waals surface area (Å²) in [6, 6.07) is 2.16. The van der Waals surface area contributed by atoms with Crippen LogP contribution in [0, 0.1) is 6.92 Å². The van der Waals surface area contributed by atoms with Crippen molar-refractivity contribution < 1.29 is 14.1 Å². The number of carbonyl (C=O) groups is 2. The van der Waals surface area contributed by atoms with Crippen molar-refractivity contribution in [1.82, 2.24) is 19.9 Å². The minimum absolute atomic E-state index is 0.0981. The zero-order valence-corrected chi connectivity index (χ0v) is 14.3. The van der Waals surface area contributed by atoms with E-state index in [0.29, 0.717) is 18.5 Å². The van der Waals surface area contributed by atoms with Crippen LogP contribution in [0.3, 0.4) is 0 Å². The summed E-state index contributed by atoms with van der Waals surface area (Å²) in [5.74, 6) is 0.286. The second-order valence-electron chi connectivity index (χ2n) is 6.44. The highest BCUT2D eigenvalue weighted by atomic mass is 16.5. The molecule has 1 aromatic rings. The van der Waals surface area contributed by atoms with Gasteiger partial charge in [0.2, 0.25) is 11.8 Å². The van der Waals surface area contributed by atoms with Crippen LogP contribution in [0.25, 0.3) is 0 Å². The van der Waals surface area contributed by atoms with Gasteiger partial charge < -0.3 is 14.3 Å². The lowest BCUT2D eigenvalue weighted by Gasteiger charge is -2.36. The first-order valence-corrected chi connectivity index (χ1v) is 8.58. The van der Waals surface area contributed by atoms with Crippen LogP contribution in [0.2, 0.25) is 0 Å². The van der Waals surface area contributed by atoms with Gasteiger partial charge in [-0.3, -0.25) is 15.0 Å². The molecule has 3 rings (SSSR count). The van der Waals surface area contributed by atoms with E-state index in [4.69, 9.17) is 4.52 Å². The van der Waals surface area contributed by atoms with Gasteiger partial charge in [-0.25, -0.2) is 4.79 Å². The van der Waals surface area contributed by atoms with Crippen molar-refractivity contribution in [3.63, 3.8) is 0 Å². The second-order valence-corrected chi connectivity index (χ2v) is 6.44. The van der Waals surface area contributed by atoms with Crippen molar-refractivity contribution in [1.29, 1.82) is 0 Å². The van der Waals surface area contributed by atoms with Gasteiger partial charge in [0.15, 0.2) is 0 Å². The largest absolute Gasteiger partial charge is 0.338 e. The monoisotopic (exact) mass is 335 g/mol. The van der Waals surface area contributed by atoms with Gasteiger partial charge >= 0.3 is 6.03 Å². The summed E-state index contributed by atoms with van der Waals surface area (Å²) in [4.78, 5) is 30.3.